The van der Waals surface area contributed by atoms with Crippen molar-refractivity contribution in [1.29, 1.82) is 0 Å². The molecule has 1 aromatic heterocycles. The second-order valence-electron chi connectivity index (χ2n) is 7.26. The van der Waals surface area contributed by atoms with Crippen LogP contribution in [0.2, 0.25) is 5.02 Å². The summed E-state index contributed by atoms with van der Waals surface area (Å²) in [7, 11) is 0. The highest BCUT2D eigenvalue weighted by molar-refractivity contribution is 7.99. The van der Waals surface area contributed by atoms with Crippen molar-refractivity contribution in [2.45, 2.75) is 44.0 Å². The zero-order chi connectivity index (χ0) is 20.9. The predicted octanol–water partition coefficient (Wildman–Crippen LogP) is 4.63. The van der Waals surface area contributed by atoms with E-state index in [1.54, 1.807) is 6.07 Å². The van der Waals surface area contributed by atoms with Gasteiger partial charge in [0.2, 0.25) is 11.1 Å². The average Bonchev–Trinajstić information content (AvgIpc) is 3.21. The van der Waals surface area contributed by atoms with E-state index in [1.807, 2.05) is 25.1 Å². The number of hydrogen-bond donors (Lipinski definition) is 2. The number of aryl methyl sites for hydroxylation is 2. The van der Waals surface area contributed by atoms with Gasteiger partial charge in [-0.2, -0.15) is 0 Å². The third-order valence-corrected chi connectivity index (χ3v) is 6.32. The van der Waals surface area contributed by atoms with E-state index in [1.165, 1.54) is 22.9 Å². The van der Waals surface area contributed by atoms with Gasteiger partial charge in [-0.1, -0.05) is 47.6 Å². The standard InChI is InChI=1S/C22H23ClN4O2S/c1-14-11-16(9-10-18(14)23)29-12-20-25-22(27-26-20)30-13-21(28)24-19-8-4-6-15-5-2-3-7-17(15)19/h2-3,5,7,9-11,19H,4,6,8,12-13H2,1H3,(H,24,28)(H,25,26,27). The topological polar surface area (TPSA) is 79.9 Å². The van der Waals surface area contributed by atoms with Gasteiger partial charge < -0.3 is 10.1 Å². The van der Waals surface area contributed by atoms with Crippen LogP contribution in [0, 0.1) is 6.92 Å². The maximum atomic E-state index is 12.4. The van der Waals surface area contributed by atoms with Crippen LogP contribution in [0.1, 0.15) is 41.4 Å². The van der Waals surface area contributed by atoms with Crippen LogP contribution in [0.15, 0.2) is 47.6 Å². The predicted molar refractivity (Wildman–Crippen MR) is 118 cm³/mol. The third kappa shape index (κ3) is 5.15. The molecule has 0 saturated heterocycles. The summed E-state index contributed by atoms with van der Waals surface area (Å²) in [5.41, 5.74) is 3.52. The number of carbonyl (C=O) groups excluding carboxylic acids is 1. The molecule has 0 radical (unpaired) electrons. The normalized spacial score (nSPS) is 15.5. The maximum absolute atomic E-state index is 12.4. The molecule has 156 valence electrons. The van der Waals surface area contributed by atoms with Crippen molar-refractivity contribution < 1.29 is 9.53 Å². The Kier molecular flexibility index (Phi) is 6.59. The van der Waals surface area contributed by atoms with Crippen LogP contribution in [0.25, 0.3) is 0 Å². The molecule has 1 unspecified atom stereocenters. The lowest BCUT2D eigenvalue weighted by atomic mass is 9.88. The number of halogens is 1. The van der Waals surface area contributed by atoms with E-state index < -0.39 is 0 Å². The van der Waals surface area contributed by atoms with E-state index in [0.717, 1.165) is 30.6 Å². The van der Waals surface area contributed by atoms with Gasteiger partial charge in [-0.15, -0.1) is 5.10 Å². The second kappa shape index (κ2) is 9.53. The van der Waals surface area contributed by atoms with Crippen LogP contribution in [0.4, 0.5) is 0 Å². The van der Waals surface area contributed by atoms with Crippen molar-refractivity contribution in [3.8, 4) is 5.75 Å². The van der Waals surface area contributed by atoms with Gasteiger partial charge in [0.1, 0.15) is 12.4 Å². The van der Waals surface area contributed by atoms with E-state index in [2.05, 4.69) is 38.7 Å². The molecule has 6 nitrogen and oxygen atoms in total. The Balaban J connectivity index is 1.26. The fourth-order valence-electron chi connectivity index (χ4n) is 3.54. The van der Waals surface area contributed by atoms with Crippen molar-refractivity contribution in [3.63, 3.8) is 0 Å². The number of thioether (sulfide) groups is 1. The fourth-order valence-corrected chi connectivity index (χ4v) is 4.28. The van der Waals surface area contributed by atoms with Crippen molar-refractivity contribution in [2.75, 3.05) is 5.75 Å². The van der Waals surface area contributed by atoms with Crippen molar-refractivity contribution >= 4 is 29.3 Å². The van der Waals surface area contributed by atoms with Gasteiger partial charge in [0.05, 0.1) is 11.8 Å². The smallest absolute Gasteiger partial charge is 0.230 e. The van der Waals surface area contributed by atoms with E-state index in [-0.39, 0.29) is 24.3 Å². The largest absolute Gasteiger partial charge is 0.486 e. The Hall–Kier alpha value is -2.51. The number of H-pyrrole nitrogens is 1. The van der Waals surface area contributed by atoms with Crippen molar-refractivity contribution in [1.82, 2.24) is 20.5 Å². The van der Waals surface area contributed by atoms with Gasteiger partial charge in [0.15, 0.2) is 5.82 Å². The first-order chi connectivity index (χ1) is 14.6. The van der Waals surface area contributed by atoms with Crippen molar-refractivity contribution in [3.05, 3.63) is 70.0 Å². The highest BCUT2D eigenvalue weighted by Gasteiger charge is 2.21. The zero-order valence-electron chi connectivity index (χ0n) is 16.7. The molecule has 1 aliphatic rings. The van der Waals surface area contributed by atoms with Gasteiger partial charge >= 0.3 is 0 Å². The second-order valence-corrected chi connectivity index (χ2v) is 8.61. The first kappa shape index (κ1) is 20.8. The number of amides is 1. The monoisotopic (exact) mass is 442 g/mol. The minimum absolute atomic E-state index is 0.0130. The first-order valence-corrected chi connectivity index (χ1v) is 11.2. The number of hydrogen-bond acceptors (Lipinski definition) is 5. The number of aromatic amines is 1. The number of aromatic nitrogens is 3. The van der Waals surface area contributed by atoms with Crippen LogP contribution in [0.5, 0.6) is 5.75 Å². The minimum Gasteiger partial charge on any atom is -0.486 e. The van der Waals surface area contributed by atoms with Crippen LogP contribution in [-0.4, -0.2) is 26.8 Å². The van der Waals surface area contributed by atoms with Crippen LogP contribution >= 0.6 is 23.4 Å². The summed E-state index contributed by atoms with van der Waals surface area (Å²) in [6, 6.07) is 13.9. The molecule has 2 N–H and O–H groups in total. The molecule has 1 aliphatic carbocycles. The quantitative estimate of drug-likeness (QED) is 0.521. The number of fused-ring (bicyclic) bond motifs is 1. The highest BCUT2D eigenvalue weighted by Crippen LogP contribution is 2.29. The molecular formula is C22H23ClN4O2S. The Morgan fingerprint density at radius 2 is 2.20 bits per heavy atom. The van der Waals surface area contributed by atoms with Crippen LogP contribution in [-0.2, 0) is 17.8 Å². The van der Waals surface area contributed by atoms with Gasteiger partial charge in [0, 0.05) is 5.02 Å². The number of benzene rings is 2. The van der Waals surface area contributed by atoms with Gasteiger partial charge in [-0.3, -0.25) is 9.89 Å². The summed E-state index contributed by atoms with van der Waals surface area (Å²) in [5.74, 6) is 1.58. The van der Waals surface area contributed by atoms with Crippen LogP contribution < -0.4 is 10.1 Å². The summed E-state index contributed by atoms with van der Waals surface area (Å²) >= 11 is 7.34. The molecule has 2 aromatic carbocycles. The molecule has 0 bridgehead atoms. The number of nitrogens with zero attached hydrogens (tertiary/aromatic N) is 2. The van der Waals surface area contributed by atoms with Gasteiger partial charge in [-0.25, -0.2) is 4.98 Å². The lowest BCUT2D eigenvalue weighted by molar-refractivity contribution is -0.119. The molecule has 0 saturated carbocycles. The van der Waals surface area contributed by atoms with Gasteiger partial charge in [0.25, 0.3) is 0 Å². The Labute approximate surface area is 184 Å². The first-order valence-electron chi connectivity index (χ1n) is 9.88. The number of ether oxygens (including phenoxy) is 1. The minimum atomic E-state index is -0.0130. The zero-order valence-corrected chi connectivity index (χ0v) is 18.2. The van der Waals surface area contributed by atoms with Gasteiger partial charge in [-0.05, 0) is 61.1 Å². The van der Waals surface area contributed by atoms with E-state index >= 15 is 0 Å². The molecule has 3 aromatic rings. The summed E-state index contributed by atoms with van der Waals surface area (Å²) in [4.78, 5) is 16.8. The molecule has 0 spiro atoms. The Morgan fingerprint density at radius 3 is 3.07 bits per heavy atom. The molecule has 1 heterocycles. The molecule has 1 atom stereocenters. The molecule has 30 heavy (non-hydrogen) atoms. The summed E-state index contributed by atoms with van der Waals surface area (Å²) in [6.07, 6.45) is 3.14. The van der Waals surface area contributed by atoms with Crippen molar-refractivity contribution in [2.24, 2.45) is 0 Å². The van der Waals surface area contributed by atoms with E-state index in [0.29, 0.717) is 16.0 Å². The number of nitrogens with one attached hydrogen (secondary N) is 2. The van der Waals surface area contributed by atoms with E-state index in [9.17, 15) is 4.79 Å². The Bertz CT molecular complexity index is 1040. The fraction of sp³-hybridized carbons (Fsp3) is 0.318. The lowest BCUT2D eigenvalue weighted by Gasteiger charge is -2.26. The molecule has 1 amide bonds. The molecule has 0 fully saturated rings. The number of rotatable bonds is 7. The summed E-state index contributed by atoms with van der Waals surface area (Å²) in [6.45, 7) is 2.19. The lowest BCUT2D eigenvalue weighted by Crippen LogP contribution is -2.32. The highest BCUT2D eigenvalue weighted by atomic mass is 35.5. The molecular weight excluding hydrogens is 420 g/mol. The maximum Gasteiger partial charge on any atom is 0.230 e. The third-order valence-electron chi connectivity index (χ3n) is 5.05. The van der Waals surface area contributed by atoms with Crippen LogP contribution in [0.3, 0.4) is 0 Å². The summed E-state index contributed by atoms with van der Waals surface area (Å²) in [5, 5.41) is 11.4. The Morgan fingerprint density at radius 1 is 1.33 bits per heavy atom. The summed E-state index contributed by atoms with van der Waals surface area (Å²) < 4.78 is 5.72. The molecule has 0 aliphatic heterocycles. The number of carbonyl (C=O) groups is 1. The molecule has 4 rings (SSSR count). The van der Waals surface area contributed by atoms with E-state index in [4.69, 9.17) is 16.3 Å². The SMILES string of the molecule is Cc1cc(OCc2nc(SCC(=O)NC3CCCc4ccccc43)n[nH]2)ccc1Cl. The average molecular weight is 443 g/mol. The molecule has 8 heteroatoms.